The highest BCUT2D eigenvalue weighted by molar-refractivity contribution is 7.92. The van der Waals surface area contributed by atoms with Gasteiger partial charge >= 0.3 is 5.69 Å². The lowest BCUT2D eigenvalue weighted by Crippen LogP contribution is -2.37. The highest BCUT2D eigenvalue weighted by atomic mass is 32.2. The number of hydrogen-bond acceptors (Lipinski definition) is 4. The van der Waals surface area contributed by atoms with Crippen LogP contribution in [0.25, 0.3) is 10.9 Å². The minimum absolute atomic E-state index is 0.0410. The number of anilines is 1. The molecule has 8 heteroatoms. The third kappa shape index (κ3) is 2.92. The fourth-order valence-corrected chi connectivity index (χ4v) is 4.03. The maximum absolute atomic E-state index is 12.7. The van der Waals surface area contributed by atoms with Crippen molar-refractivity contribution >= 4 is 26.6 Å². The van der Waals surface area contributed by atoms with Crippen molar-refractivity contribution in [3.05, 3.63) is 68.4 Å². The Balaban J connectivity index is 2.15. The molecule has 0 aliphatic rings. The molecule has 3 aromatic rings. The first-order valence-electron chi connectivity index (χ1n) is 7.91. The third-order valence-electron chi connectivity index (χ3n) is 4.37. The summed E-state index contributed by atoms with van der Waals surface area (Å²) in [6.07, 6.45) is 0. The van der Waals surface area contributed by atoms with Crippen LogP contribution in [0, 0.1) is 13.8 Å². The van der Waals surface area contributed by atoms with Gasteiger partial charge in [0, 0.05) is 14.1 Å². The fraction of sp³-hybridized carbons (Fsp3) is 0.222. The number of nitrogens with zero attached hydrogens (tertiary/aromatic N) is 2. The number of aromatic nitrogens is 2. The first-order chi connectivity index (χ1) is 12.1. The first-order valence-corrected chi connectivity index (χ1v) is 9.40. The summed E-state index contributed by atoms with van der Waals surface area (Å²) >= 11 is 0. The lowest BCUT2D eigenvalue weighted by atomic mass is 10.1. The Morgan fingerprint density at radius 1 is 0.923 bits per heavy atom. The molecule has 0 aliphatic heterocycles. The van der Waals surface area contributed by atoms with Crippen LogP contribution < -0.4 is 16.0 Å². The monoisotopic (exact) mass is 373 g/mol. The third-order valence-corrected chi connectivity index (χ3v) is 5.74. The van der Waals surface area contributed by atoms with Crippen LogP contribution >= 0.6 is 0 Å². The predicted octanol–water partition coefficient (Wildman–Crippen LogP) is 1.65. The summed E-state index contributed by atoms with van der Waals surface area (Å²) in [5, 5.41) is 0.165. The molecule has 0 aliphatic carbocycles. The van der Waals surface area contributed by atoms with Gasteiger partial charge in [-0.2, -0.15) is 0 Å². The maximum atomic E-state index is 12.7. The number of hydrogen-bond donors (Lipinski definition) is 1. The molecule has 0 amide bonds. The molecule has 1 aromatic heterocycles. The lowest BCUT2D eigenvalue weighted by molar-refractivity contribution is 0.601. The normalized spacial score (nSPS) is 11.7. The Morgan fingerprint density at radius 3 is 2.27 bits per heavy atom. The van der Waals surface area contributed by atoms with Crippen LogP contribution in [0.4, 0.5) is 5.69 Å². The Hall–Kier alpha value is -2.87. The Kier molecular flexibility index (Phi) is 4.23. The van der Waals surface area contributed by atoms with Crippen molar-refractivity contribution in [1.82, 2.24) is 9.13 Å². The van der Waals surface area contributed by atoms with Crippen LogP contribution in [0.15, 0.2) is 50.9 Å². The Bertz CT molecular complexity index is 1250. The average molecular weight is 373 g/mol. The summed E-state index contributed by atoms with van der Waals surface area (Å²) in [6, 6.07) is 9.54. The molecule has 26 heavy (non-hydrogen) atoms. The number of sulfonamides is 1. The fourth-order valence-electron chi connectivity index (χ4n) is 2.87. The van der Waals surface area contributed by atoms with Crippen molar-refractivity contribution in [3.8, 4) is 0 Å². The van der Waals surface area contributed by atoms with Crippen molar-refractivity contribution in [2.75, 3.05) is 4.72 Å². The zero-order chi connectivity index (χ0) is 19.2. The van der Waals surface area contributed by atoms with E-state index in [-0.39, 0.29) is 10.3 Å². The maximum Gasteiger partial charge on any atom is 0.330 e. The van der Waals surface area contributed by atoms with Gasteiger partial charge in [0.15, 0.2) is 0 Å². The van der Waals surface area contributed by atoms with Gasteiger partial charge in [-0.1, -0.05) is 17.7 Å². The molecular weight excluding hydrogens is 354 g/mol. The van der Waals surface area contributed by atoms with E-state index < -0.39 is 21.3 Å². The molecule has 0 atom stereocenters. The molecule has 0 unspecified atom stereocenters. The second-order valence-corrected chi connectivity index (χ2v) is 7.99. The first kappa shape index (κ1) is 17.9. The van der Waals surface area contributed by atoms with E-state index in [0.29, 0.717) is 11.2 Å². The number of nitrogens with one attached hydrogen (secondary N) is 1. The van der Waals surface area contributed by atoms with Crippen molar-refractivity contribution in [2.45, 2.75) is 18.7 Å². The van der Waals surface area contributed by atoms with Gasteiger partial charge < -0.3 is 0 Å². The van der Waals surface area contributed by atoms with Crippen molar-refractivity contribution in [1.29, 1.82) is 0 Å². The van der Waals surface area contributed by atoms with Gasteiger partial charge in [0.1, 0.15) is 0 Å². The van der Waals surface area contributed by atoms with Crippen LogP contribution in [-0.4, -0.2) is 17.6 Å². The average Bonchev–Trinajstić information content (AvgIpc) is 2.60. The molecule has 7 nitrogen and oxygen atoms in total. The van der Waals surface area contributed by atoms with Crippen LogP contribution in [-0.2, 0) is 24.1 Å². The Labute approximate surface area is 150 Å². The van der Waals surface area contributed by atoms with E-state index in [9.17, 15) is 18.0 Å². The molecule has 0 bridgehead atoms. The van der Waals surface area contributed by atoms with Gasteiger partial charge in [0.05, 0.1) is 21.5 Å². The predicted molar refractivity (Wildman–Crippen MR) is 101 cm³/mol. The van der Waals surface area contributed by atoms with Gasteiger partial charge in [-0.3, -0.25) is 18.7 Å². The second kappa shape index (κ2) is 6.14. The summed E-state index contributed by atoms with van der Waals surface area (Å²) in [4.78, 5) is 24.3. The zero-order valence-corrected chi connectivity index (χ0v) is 15.7. The van der Waals surface area contributed by atoms with Gasteiger partial charge in [-0.25, -0.2) is 13.2 Å². The zero-order valence-electron chi connectivity index (χ0n) is 14.9. The summed E-state index contributed by atoms with van der Waals surface area (Å²) in [5.74, 6) is 0. The van der Waals surface area contributed by atoms with Gasteiger partial charge in [0.25, 0.3) is 15.6 Å². The molecule has 0 saturated heterocycles. The highest BCUT2D eigenvalue weighted by Gasteiger charge is 2.18. The smallest absolute Gasteiger partial charge is 0.296 e. The van der Waals surface area contributed by atoms with Gasteiger partial charge in [-0.05, 0) is 43.7 Å². The number of rotatable bonds is 3. The molecule has 0 radical (unpaired) electrons. The molecule has 0 saturated carbocycles. The van der Waals surface area contributed by atoms with E-state index in [2.05, 4.69) is 4.72 Å². The number of aryl methyl sites for hydroxylation is 3. The van der Waals surface area contributed by atoms with E-state index in [1.165, 1.54) is 36.9 Å². The van der Waals surface area contributed by atoms with Crippen molar-refractivity contribution in [2.24, 2.45) is 14.1 Å². The van der Waals surface area contributed by atoms with Crippen LogP contribution in [0.5, 0.6) is 0 Å². The summed E-state index contributed by atoms with van der Waals surface area (Å²) in [5.41, 5.74) is 1.68. The molecule has 0 fully saturated rings. The highest BCUT2D eigenvalue weighted by Crippen LogP contribution is 2.22. The lowest BCUT2D eigenvalue weighted by Gasteiger charge is -2.13. The number of fused-ring (bicyclic) bond motifs is 1. The van der Waals surface area contributed by atoms with Crippen LogP contribution in [0.1, 0.15) is 11.1 Å². The van der Waals surface area contributed by atoms with E-state index in [1.54, 1.807) is 6.07 Å². The van der Waals surface area contributed by atoms with Gasteiger partial charge in [-0.15, -0.1) is 0 Å². The minimum atomic E-state index is -3.88. The quantitative estimate of drug-likeness (QED) is 0.756. The van der Waals surface area contributed by atoms with Crippen LogP contribution in [0.3, 0.4) is 0 Å². The number of benzene rings is 2. The molecular formula is C18H19N3O4S. The molecule has 3 rings (SSSR count). The van der Waals surface area contributed by atoms with E-state index in [4.69, 9.17) is 0 Å². The van der Waals surface area contributed by atoms with Gasteiger partial charge in [0.2, 0.25) is 0 Å². The second-order valence-electron chi connectivity index (χ2n) is 6.31. The summed E-state index contributed by atoms with van der Waals surface area (Å²) < 4.78 is 30.3. The summed E-state index contributed by atoms with van der Waals surface area (Å²) in [7, 11) is -0.984. The van der Waals surface area contributed by atoms with Crippen molar-refractivity contribution in [3.63, 3.8) is 0 Å². The molecule has 2 aromatic carbocycles. The largest absolute Gasteiger partial charge is 0.330 e. The molecule has 0 spiro atoms. The van der Waals surface area contributed by atoms with Crippen LogP contribution in [0.2, 0.25) is 0 Å². The molecule has 1 heterocycles. The van der Waals surface area contributed by atoms with E-state index in [0.717, 1.165) is 15.7 Å². The van der Waals surface area contributed by atoms with E-state index >= 15 is 0 Å². The SMILES string of the molecule is Cc1ccc(NS(=O)(=O)c2ccc3c(c2)c(=O)n(C)c(=O)n3C)c(C)c1. The molecule has 1 N–H and O–H groups in total. The molecule has 136 valence electrons. The topological polar surface area (TPSA) is 90.2 Å². The Morgan fingerprint density at radius 2 is 1.62 bits per heavy atom. The standard InChI is InChI=1S/C18H19N3O4S/c1-11-5-7-15(12(2)9-11)19-26(24,25)13-6-8-16-14(10-13)17(22)21(4)18(23)20(16)3/h5-10,19H,1-4H3. The van der Waals surface area contributed by atoms with Crippen molar-refractivity contribution < 1.29 is 8.42 Å². The van der Waals surface area contributed by atoms with E-state index in [1.807, 2.05) is 26.0 Å². The minimum Gasteiger partial charge on any atom is -0.296 e. The summed E-state index contributed by atoms with van der Waals surface area (Å²) in [6.45, 7) is 3.74.